The number of imidazole rings is 1. The molecular formula is C35H36Cl3N5O2. The molecule has 0 saturated carbocycles. The predicted octanol–water partition coefficient (Wildman–Crippen LogP) is 8.88. The van der Waals surface area contributed by atoms with Crippen molar-refractivity contribution in [1.29, 1.82) is 0 Å². The fourth-order valence-electron chi connectivity index (χ4n) is 6.45. The molecule has 2 aromatic heterocycles. The van der Waals surface area contributed by atoms with Crippen molar-refractivity contribution in [2.45, 2.75) is 50.7 Å². The van der Waals surface area contributed by atoms with Crippen molar-refractivity contribution in [3.63, 3.8) is 0 Å². The molecule has 0 aliphatic carbocycles. The van der Waals surface area contributed by atoms with Crippen molar-refractivity contribution in [3.05, 3.63) is 117 Å². The molecule has 3 heterocycles. The molecule has 45 heavy (non-hydrogen) atoms. The number of hydrogen-bond donors (Lipinski definition) is 2. The highest BCUT2D eigenvalue weighted by Gasteiger charge is 2.36. The number of carbonyl (C=O) groups is 1. The number of H-pyrrole nitrogens is 1. The zero-order valence-electron chi connectivity index (χ0n) is 25.3. The lowest BCUT2D eigenvalue weighted by atomic mass is 9.90. The summed E-state index contributed by atoms with van der Waals surface area (Å²) < 4.78 is 5.57. The quantitative estimate of drug-likeness (QED) is 0.156. The van der Waals surface area contributed by atoms with Crippen LogP contribution in [0.3, 0.4) is 0 Å². The Morgan fingerprint density at radius 3 is 2.51 bits per heavy atom. The van der Waals surface area contributed by atoms with Gasteiger partial charge in [-0.25, -0.2) is 4.98 Å². The average Bonchev–Trinajstić information content (AvgIpc) is 3.72. The van der Waals surface area contributed by atoms with Gasteiger partial charge >= 0.3 is 0 Å². The summed E-state index contributed by atoms with van der Waals surface area (Å²) in [7, 11) is 1.89. The Bertz CT molecular complexity index is 1750. The summed E-state index contributed by atoms with van der Waals surface area (Å²) in [6.07, 6.45) is 4.81. The largest absolute Gasteiger partial charge is 0.469 e. The number of piperidine rings is 1. The third-order valence-corrected chi connectivity index (χ3v) is 9.76. The van der Waals surface area contributed by atoms with E-state index in [-0.39, 0.29) is 24.0 Å². The molecule has 1 aliphatic heterocycles. The highest BCUT2D eigenvalue weighted by Crippen LogP contribution is 2.35. The van der Waals surface area contributed by atoms with E-state index in [4.69, 9.17) is 44.2 Å². The number of nitrogens with zero attached hydrogens (tertiary/aromatic N) is 3. The van der Waals surface area contributed by atoms with E-state index < -0.39 is 0 Å². The van der Waals surface area contributed by atoms with Crippen LogP contribution >= 0.6 is 34.8 Å². The van der Waals surface area contributed by atoms with Gasteiger partial charge in [0, 0.05) is 49.1 Å². The first-order chi connectivity index (χ1) is 21.8. The van der Waals surface area contributed by atoms with E-state index in [1.165, 1.54) is 0 Å². The van der Waals surface area contributed by atoms with Crippen LogP contribution in [0.2, 0.25) is 15.1 Å². The molecule has 5 aromatic rings. The highest BCUT2D eigenvalue weighted by molar-refractivity contribution is 6.42. The maximum Gasteiger partial charge on any atom is 0.254 e. The van der Waals surface area contributed by atoms with E-state index in [0.29, 0.717) is 27.1 Å². The summed E-state index contributed by atoms with van der Waals surface area (Å²) in [4.78, 5) is 26.5. The highest BCUT2D eigenvalue weighted by atomic mass is 35.5. The maximum absolute atomic E-state index is 13.8. The average molecular weight is 665 g/mol. The molecule has 1 amide bonds. The number of hydrogen-bond acceptors (Lipinski definition) is 5. The van der Waals surface area contributed by atoms with Crippen LogP contribution in [0.15, 0.2) is 83.5 Å². The fraction of sp³-hybridized carbons (Fsp3) is 0.314. The summed E-state index contributed by atoms with van der Waals surface area (Å²) in [5.41, 5.74) is 4.72. The summed E-state index contributed by atoms with van der Waals surface area (Å²) in [6.45, 7) is 3.77. The topological polar surface area (TPSA) is 77.4 Å². The molecule has 6 rings (SSSR count). The Labute approximate surface area is 278 Å². The minimum absolute atomic E-state index is 0.0217. The number of likely N-dealkylation sites (tertiary alicyclic amines) is 1. The number of carbonyl (C=O) groups excluding carboxylic acids is 1. The van der Waals surface area contributed by atoms with Crippen molar-refractivity contribution >= 4 is 57.7 Å². The van der Waals surface area contributed by atoms with Crippen molar-refractivity contribution < 1.29 is 9.21 Å². The molecule has 2 N–H and O–H groups in total. The van der Waals surface area contributed by atoms with E-state index in [1.807, 2.05) is 54.4 Å². The number of aromatic amines is 1. The van der Waals surface area contributed by atoms with Crippen LogP contribution in [0.1, 0.15) is 59.3 Å². The molecule has 1 saturated heterocycles. The molecule has 3 aromatic carbocycles. The zero-order chi connectivity index (χ0) is 31.5. The lowest BCUT2D eigenvalue weighted by molar-refractivity contribution is 0.0201. The lowest BCUT2D eigenvalue weighted by Crippen LogP contribution is -2.55. The van der Waals surface area contributed by atoms with E-state index in [0.717, 1.165) is 66.2 Å². The Balaban J connectivity index is 1.20. The third-order valence-electron chi connectivity index (χ3n) is 8.77. The van der Waals surface area contributed by atoms with E-state index >= 15 is 0 Å². The van der Waals surface area contributed by atoms with Gasteiger partial charge in [0.25, 0.3) is 5.91 Å². The predicted molar refractivity (Wildman–Crippen MR) is 183 cm³/mol. The van der Waals surface area contributed by atoms with Crippen LogP contribution in [0, 0.1) is 0 Å². The molecule has 0 bridgehead atoms. The number of nitrogens with one attached hydrogen (secondary N) is 2. The molecule has 0 spiro atoms. The first-order valence-electron chi connectivity index (χ1n) is 15.3. The molecular weight excluding hydrogens is 629 g/mol. The molecule has 10 heteroatoms. The Morgan fingerprint density at radius 2 is 1.82 bits per heavy atom. The number of aromatic nitrogens is 2. The molecule has 7 nitrogen and oxygen atoms in total. The van der Waals surface area contributed by atoms with Crippen LogP contribution in [0.4, 0.5) is 5.95 Å². The van der Waals surface area contributed by atoms with Crippen molar-refractivity contribution in [3.8, 4) is 0 Å². The lowest BCUT2D eigenvalue weighted by Gasteiger charge is -2.45. The van der Waals surface area contributed by atoms with Gasteiger partial charge < -0.3 is 19.6 Å². The van der Waals surface area contributed by atoms with Crippen LogP contribution in [0.25, 0.3) is 11.0 Å². The molecule has 1 aliphatic rings. The summed E-state index contributed by atoms with van der Waals surface area (Å²) in [5.74, 6) is 1.65. The van der Waals surface area contributed by atoms with Crippen LogP contribution in [-0.2, 0) is 6.42 Å². The number of amides is 1. The Kier molecular flexibility index (Phi) is 9.71. The third kappa shape index (κ3) is 7.02. The van der Waals surface area contributed by atoms with Gasteiger partial charge in [0.05, 0.1) is 33.5 Å². The minimum Gasteiger partial charge on any atom is -0.469 e. The van der Waals surface area contributed by atoms with Gasteiger partial charge in [-0.3, -0.25) is 9.69 Å². The fourth-order valence-corrected chi connectivity index (χ4v) is 6.88. The first-order valence-corrected chi connectivity index (χ1v) is 16.4. The number of anilines is 1. The number of furan rings is 1. The van der Waals surface area contributed by atoms with Crippen LogP contribution in [-0.4, -0.2) is 58.0 Å². The number of fused-ring (bicyclic) bond motifs is 1. The number of rotatable bonds is 10. The Morgan fingerprint density at radius 1 is 1.04 bits per heavy atom. The number of likely N-dealkylation sites (N-methyl/N-ethyl adjacent to an activating group) is 1. The number of benzene rings is 3. The van der Waals surface area contributed by atoms with E-state index in [1.54, 1.807) is 30.5 Å². The molecule has 234 valence electrons. The normalized spacial score (nSPS) is 15.7. The first kappa shape index (κ1) is 31.5. The monoisotopic (exact) mass is 663 g/mol. The molecule has 2 unspecified atom stereocenters. The number of halogens is 3. The SMILES string of the molecule is CCC(c1ccc(Cl)c(Cl)c1)C(N1CCC(Nc2nc3c(Cc4ccco4)cccc3[nH]2)CC1)N(C)C(=O)c1ccc(Cl)cc1. The molecule has 2 atom stereocenters. The minimum atomic E-state index is -0.188. The van der Waals surface area contributed by atoms with Gasteiger partial charge in [-0.1, -0.05) is 59.9 Å². The second-order valence-electron chi connectivity index (χ2n) is 11.6. The summed E-state index contributed by atoms with van der Waals surface area (Å²) in [6, 6.07) is 23.2. The molecule has 0 radical (unpaired) electrons. The smallest absolute Gasteiger partial charge is 0.254 e. The van der Waals surface area contributed by atoms with Gasteiger partial charge in [-0.2, -0.15) is 0 Å². The van der Waals surface area contributed by atoms with Gasteiger partial charge in [0.1, 0.15) is 5.76 Å². The second kappa shape index (κ2) is 13.9. The van der Waals surface area contributed by atoms with Gasteiger partial charge in [-0.05, 0) is 85.0 Å². The maximum atomic E-state index is 13.8. The van der Waals surface area contributed by atoms with E-state index in [9.17, 15) is 4.79 Å². The van der Waals surface area contributed by atoms with Crippen molar-refractivity contribution in [2.24, 2.45) is 0 Å². The Hall–Kier alpha value is -3.49. The van der Waals surface area contributed by atoms with E-state index in [2.05, 4.69) is 28.2 Å². The van der Waals surface area contributed by atoms with Crippen molar-refractivity contribution in [1.82, 2.24) is 19.8 Å². The van der Waals surface area contributed by atoms with Gasteiger partial charge in [-0.15, -0.1) is 0 Å². The zero-order valence-corrected chi connectivity index (χ0v) is 27.5. The van der Waals surface area contributed by atoms with Gasteiger partial charge in [0.15, 0.2) is 0 Å². The van der Waals surface area contributed by atoms with Crippen LogP contribution < -0.4 is 5.32 Å². The van der Waals surface area contributed by atoms with Gasteiger partial charge in [0.2, 0.25) is 5.95 Å². The van der Waals surface area contributed by atoms with Crippen LogP contribution in [0.5, 0.6) is 0 Å². The summed E-state index contributed by atoms with van der Waals surface area (Å²) >= 11 is 18.9. The van der Waals surface area contributed by atoms with Crippen molar-refractivity contribution in [2.75, 3.05) is 25.5 Å². The molecule has 1 fully saturated rings. The number of para-hydroxylation sites is 1. The summed E-state index contributed by atoms with van der Waals surface area (Å²) in [5, 5.41) is 5.27. The second-order valence-corrected chi connectivity index (χ2v) is 12.9. The standard InChI is InChI=1S/C35H36Cl3N5O2/c1-3-28(23-11-14-29(37)30(38)21-23)33(42(2)34(44)22-9-12-25(36)13-10-22)43-17-15-26(16-18-43)39-35-40-31-8-4-6-24(32(31)41-35)20-27-7-5-19-45-27/h4-14,19,21,26,28,33H,3,15-18,20H2,1-2H3,(H2,39,40,41).